The molecule has 0 aliphatic rings. The van der Waals surface area contributed by atoms with Crippen LogP contribution >= 0.6 is 23.2 Å². The number of aryl methyl sites for hydroxylation is 1. The summed E-state index contributed by atoms with van der Waals surface area (Å²) in [6.07, 6.45) is 0.478. The van der Waals surface area contributed by atoms with Gasteiger partial charge in [0.1, 0.15) is 17.5 Å². The van der Waals surface area contributed by atoms with Gasteiger partial charge in [0.15, 0.2) is 0 Å². The molecule has 0 saturated carbocycles. The van der Waals surface area contributed by atoms with Gasteiger partial charge in [-0.2, -0.15) is 0 Å². The predicted octanol–water partition coefficient (Wildman–Crippen LogP) is 4.74. The van der Waals surface area contributed by atoms with E-state index in [1.54, 1.807) is 22.8 Å². The van der Waals surface area contributed by atoms with Crippen molar-refractivity contribution in [1.82, 2.24) is 9.55 Å². The molecule has 0 unspecified atom stereocenters. The maximum atomic E-state index is 13.5. The Kier molecular flexibility index (Phi) is 3.83. The first-order valence-electron chi connectivity index (χ1n) is 6.28. The maximum absolute atomic E-state index is 13.5. The summed E-state index contributed by atoms with van der Waals surface area (Å²) in [4.78, 5) is 4.45. The molecule has 1 aromatic heterocycles. The van der Waals surface area contributed by atoms with Crippen molar-refractivity contribution in [2.75, 3.05) is 5.88 Å². The number of hydrogen-bond acceptors (Lipinski definition) is 1. The van der Waals surface area contributed by atoms with Gasteiger partial charge < -0.3 is 0 Å². The molecule has 0 fully saturated rings. The van der Waals surface area contributed by atoms with Crippen LogP contribution in [0.1, 0.15) is 5.82 Å². The van der Waals surface area contributed by atoms with Gasteiger partial charge in [0.05, 0.1) is 16.7 Å². The smallest absolute Gasteiger partial charge is 0.128 e. The van der Waals surface area contributed by atoms with E-state index >= 15 is 0 Å². The van der Waals surface area contributed by atoms with Crippen molar-refractivity contribution in [3.63, 3.8) is 0 Å². The first kappa shape index (κ1) is 14.3. The van der Waals surface area contributed by atoms with Crippen molar-refractivity contribution in [2.45, 2.75) is 6.42 Å². The van der Waals surface area contributed by atoms with Crippen molar-refractivity contribution in [3.8, 4) is 5.69 Å². The van der Waals surface area contributed by atoms with Crippen molar-refractivity contribution in [1.29, 1.82) is 0 Å². The van der Waals surface area contributed by atoms with E-state index in [-0.39, 0.29) is 0 Å². The predicted molar refractivity (Wildman–Crippen MR) is 80.4 cm³/mol. The molecule has 2 nitrogen and oxygen atoms in total. The van der Waals surface area contributed by atoms with Crippen LogP contribution in [0.15, 0.2) is 36.4 Å². The number of rotatable bonds is 3. The van der Waals surface area contributed by atoms with Crippen LogP contribution in [-0.2, 0) is 6.42 Å². The first-order chi connectivity index (χ1) is 10.1. The highest BCUT2D eigenvalue weighted by Gasteiger charge is 2.14. The zero-order valence-electron chi connectivity index (χ0n) is 10.8. The number of hydrogen-bond donors (Lipinski definition) is 0. The van der Waals surface area contributed by atoms with E-state index in [0.717, 1.165) is 6.07 Å². The quantitative estimate of drug-likeness (QED) is 0.636. The standard InChI is InChI=1S/C15H10Cl2F2N2/c16-4-3-15-20-13-2-1-9(17)5-14(13)21(15)12-7-10(18)6-11(19)8-12/h1-2,5-8H,3-4H2. The third-order valence-corrected chi connectivity index (χ3v) is 3.53. The molecule has 0 radical (unpaired) electrons. The first-order valence-corrected chi connectivity index (χ1v) is 7.19. The van der Waals surface area contributed by atoms with Crippen molar-refractivity contribution < 1.29 is 8.78 Å². The van der Waals surface area contributed by atoms with Crippen molar-refractivity contribution in [2.24, 2.45) is 0 Å². The number of nitrogens with zero attached hydrogens (tertiary/aromatic N) is 2. The molecule has 0 aliphatic carbocycles. The third-order valence-electron chi connectivity index (χ3n) is 3.11. The van der Waals surface area contributed by atoms with Crippen LogP contribution < -0.4 is 0 Å². The second-order valence-corrected chi connectivity index (χ2v) is 5.38. The summed E-state index contributed by atoms with van der Waals surface area (Å²) in [6.45, 7) is 0. The van der Waals surface area contributed by atoms with Gasteiger partial charge in [-0.25, -0.2) is 13.8 Å². The Bertz CT molecular complexity index is 795. The number of imidazole rings is 1. The number of halogens is 4. The second kappa shape index (κ2) is 5.62. The lowest BCUT2D eigenvalue weighted by Gasteiger charge is -2.09. The molecule has 0 saturated heterocycles. The van der Waals surface area contributed by atoms with Crippen LogP contribution in [0.4, 0.5) is 8.78 Å². The molecule has 0 amide bonds. The van der Waals surface area contributed by atoms with Crippen molar-refractivity contribution >= 4 is 34.2 Å². The van der Waals surface area contributed by atoms with Gasteiger partial charge in [-0.05, 0) is 30.3 Å². The largest absolute Gasteiger partial charge is 0.296 e. The van der Waals surface area contributed by atoms with Gasteiger partial charge >= 0.3 is 0 Å². The van der Waals surface area contributed by atoms with Gasteiger partial charge in [-0.3, -0.25) is 4.57 Å². The third kappa shape index (κ3) is 2.74. The lowest BCUT2D eigenvalue weighted by Crippen LogP contribution is -2.03. The van der Waals surface area contributed by atoms with E-state index < -0.39 is 11.6 Å². The minimum Gasteiger partial charge on any atom is -0.296 e. The molecule has 21 heavy (non-hydrogen) atoms. The second-order valence-electron chi connectivity index (χ2n) is 4.56. The maximum Gasteiger partial charge on any atom is 0.128 e. The van der Waals surface area contributed by atoms with Crippen LogP contribution in [-0.4, -0.2) is 15.4 Å². The molecule has 0 N–H and O–H groups in total. The normalized spacial score (nSPS) is 11.2. The fraction of sp³-hybridized carbons (Fsp3) is 0.133. The number of aromatic nitrogens is 2. The molecule has 108 valence electrons. The van der Waals surface area contributed by atoms with E-state index in [2.05, 4.69) is 4.98 Å². The van der Waals surface area contributed by atoms with Crippen LogP contribution in [0, 0.1) is 11.6 Å². The molecule has 0 spiro atoms. The number of benzene rings is 2. The Morgan fingerprint density at radius 1 is 1.05 bits per heavy atom. The molecular weight excluding hydrogens is 317 g/mol. The van der Waals surface area contributed by atoms with E-state index in [1.165, 1.54) is 12.1 Å². The van der Waals surface area contributed by atoms with E-state index in [9.17, 15) is 8.78 Å². The van der Waals surface area contributed by atoms with Gasteiger partial charge in [0.25, 0.3) is 0 Å². The average Bonchev–Trinajstić information content (AvgIpc) is 2.75. The SMILES string of the molecule is Fc1cc(F)cc(-n2c(CCCl)nc3ccc(Cl)cc32)c1. The molecule has 1 heterocycles. The monoisotopic (exact) mass is 326 g/mol. The van der Waals surface area contributed by atoms with E-state index in [1.807, 2.05) is 0 Å². The van der Waals surface area contributed by atoms with Crippen LogP contribution in [0.5, 0.6) is 0 Å². The topological polar surface area (TPSA) is 17.8 Å². The summed E-state index contributed by atoms with van der Waals surface area (Å²) in [7, 11) is 0. The molecule has 0 bridgehead atoms. The molecule has 2 aromatic carbocycles. The highest BCUT2D eigenvalue weighted by Crippen LogP contribution is 2.26. The Balaban J connectivity index is 2.32. The number of alkyl halides is 1. The highest BCUT2D eigenvalue weighted by molar-refractivity contribution is 6.31. The van der Waals surface area contributed by atoms with Crippen LogP contribution in [0.25, 0.3) is 16.7 Å². The van der Waals surface area contributed by atoms with Crippen LogP contribution in [0.2, 0.25) is 5.02 Å². The van der Waals surface area contributed by atoms with E-state index in [0.29, 0.717) is 39.9 Å². The minimum absolute atomic E-state index is 0.356. The zero-order valence-corrected chi connectivity index (χ0v) is 12.3. The summed E-state index contributed by atoms with van der Waals surface area (Å²) in [5.41, 5.74) is 1.74. The summed E-state index contributed by atoms with van der Waals surface area (Å²) in [5.74, 6) is -0.307. The van der Waals surface area contributed by atoms with Gasteiger partial charge in [0, 0.05) is 23.4 Å². The molecule has 0 aliphatic heterocycles. The highest BCUT2D eigenvalue weighted by atomic mass is 35.5. The zero-order chi connectivity index (χ0) is 15.0. The number of fused-ring (bicyclic) bond motifs is 1. The Morgan fingerprint density at radius 3 is 2.43 bits per heavy atom. The molecule has 3 rings (SSSR count). The van der Waals surface area contributed by atoms with Gasteiger partial charge in [0.2, 0.25) is 0 Å². The van der Waals surface area contributed by atoms with Gasteiger partial charge in [-0.1, -0.05) is 11.6 Å². The Labute approximate surface area is 129 Å². The van der Waals surface area contributed by atoms with Crippen molar-refractivity contribution in [3.05, 3.63) is 58.9 Å². The lowest BCUT2D eigenvalue weighted by molar-refractivity contribution is 0.581. The van der Waals surface area contributed by atoms with E-state index in [4.69, 9.17) is 23.2 Å². The lowest BCUT2D eigenvalue weighted by atomic mass is 10.2. The molecule has 0 atom stereocenters. The fourth-order valence-corrected chi connectivity index (χ4v) is 2.64. The molecule has 3 aromatic rings. The average molecular weight is 327 g/mol. The Morgan fingerprint density at radius 2 is 1.76 bits per heavy atom. The molecule has 6 heteroatoms. The molecular formula is C15H10Cl2F2N2. The summed E-state index contributed by atoms with van der Waals surface area (Å²) < 4.78 is 28.7. The summed E-state index contributed by atoms with van der Waals surface area (Å²) >= 11 is 11.8. The summed E-state index contributed by atoms with van der Waals surface area (Å²) in [5, 5.41) is 0.526. The van der Waals surface area contributed by atoms with Gasteiger partial charge in [-0.15, -0.1) is 11.6 Å². The van der Waals surface area contributed by atoms with Crippen LogP contribution in [0.3, 0.4) is 0 Å². The fourth-order valence-electron chi connectivity index (χ4n) is 2.31. The minimum atomic E-state index is -0.647. The summed E-state index contributed by atoms with van der Waals surface area (Å²) in [6, 6.07) is 8.53. The Hall–Kier alpha value is -1.65.